The second-order valence-corrected chi connectivity index (χ2v) is 9.01. The summed E-state index contributed by atoms with van der Waals surface area (Å²) in [5, 5.41) is 9.72. The standard InChI is InChI=1S/C28H23FN6/c1-16-6-18(8-20(29)7-16)24-14-31-15-27-22(24)11-26(32-27)28-23-10-17(4-5-25(23)33-34-28)19-9-21(35(2)3)13-30-12-19/h4-15,32H,1-3H3,(H,33,34). The molecule has 0 saturated carbocycles. The number of pyridine rings is 2. The van der Waals surface area contributed by atoms with Crippen LogP contribution in [0.5, 0.6) is 0 Å². The minimum atomic E-state index is -0.258. The van der Waals surface area contributed by atoms with E-state index in [1.807, 2.05) is 50.4 Å². The minimum absolute atomic E-state index is 0.258. The molecule has 35 heavy (non-hydrogen) atoms. The van der Waals surface area contributed by atoms with Crippen LogP contribution in [0.15, 0.2) is 73.3 Å². The highest BCUT2D eigenvalue weighted by atomic mass is 19.1. The van der Waals surface area contributed by atoms with Crippen LogP contribution < -0.4 is 4.90 Å². The molecule has 0 spiro atoms. The molecule has 7 heteroatoms. The zero-order valence-corrected chi connectivity index (χ0v) is 19.6. The summed E-state index contributed by atoms with van der Waals surface area (Å²) in [7, 11) is 4.00. The van der Waals surface area contributed by atoms with E-state index in [4.69, 9.17) is 0 Å². The number of fused-ring (bicyclic) bond motifs is 2. The Labute approximate surface area is 201 Å². The fourth-order valence-corrected chi connectivity index (χ4v) is 4.53. The summed E-state index contributed by atoms with van der Waals surface area (Å²) in [5.41, 5.74) is 9.17. The maximum Gasteiger partial charge on any atom is 0.124 e. The molecule has 0 saturated heterocycles. The van der Waals surface area contributed by atoms with E-state index in [1.54, 1.807) is 18.5 Å². The van der Waals surface area contributed by atoms with Crippen molar-refractivity contribution in [2.24, 2.45) is 0 Å². The highest BCUT2D eigenvalue weighted by Crippen LogP contribution is 2.35. The van der Waals surface area contributed by atoms with Gasteiger partial charge < -0.3 is 9.88 Å². The first-order chi connectivity index (χ1) is 17.0. The summed E-state index contributed by atoms with van der Waals surface area (Å²) in [6.45, 7) is 1.89. The molecule has 0 aliphatic rings. The molecule has 4 aromatic heterocycles. The van der Waals surface area contributed by atoms with Gasteiger partial charge >= 0.3 is 0 Å². The van der Waals surface area contributed by atoms with E-state index in [2.05, 4.69) is 49.4 Å². The lowest BCUT2D eigenvalue weighted by Crippen LogP contribution is -2.08. The van der Waals surface area contributed by atoms with Crippen molar-refractivity contribution in [1.82, 2.24) is 25.1 Å². The summed E-state index contributed by atoms with van der Waals surface area (Å²) < 4.78 is 14.1. The highest BCUT2D eigenvalue weighted by molar-refractivity contribution is 6.01. The second-order valence-electron chi connectivity index (χ2n) is 9.01. The van der Waals surface area contributed by atoms with Gasteiger partial charge in [-0.25, -0.2) is 4.39 Å². The van der Waals surface area contributed by atoms with Crippen molar-refractivity contribution in [3.63, 3.8) is 0 Å². The number of nitrogens with one attached hydrogen (secondary N) is 2. The maximum absolute atomic E-state index is 14.1. The number of halogens is 1. The Hall–Kier alpha value is -4.52. The maximum atomic E-state index is 14.1. The van der Waals surface area contributed by atoms with Crippen LogP contribution in [0.4, 0.5) is 10.1 Å². The molecule has 2 aromatic carbocycles. The second kappa shape index (κ2) is 8.06. The monoisotopic (exact) mass is 462 g/mol. The quantitative estimate of drug-likeness (QED) is 0.320. The van der Waals surface area contributed by atoms with E-state index in [-0.39, 0.29) is 5.82 Å². The van der Waals surface area contributed by atoms with Gasteiger partial charge in [-0.2, -0.15) is 5.10 Å². The molecular weight excluding hydrogens is 439 g/mol. The Bertz CT molecular complexity index is 1690. The predicted octanol–water partition coefficient (Wildman–Crippen LogP) is 6.35. The number of benzene rings is 2. The van der Waals surface area contributed by atoms with Crippen molar-refractivity contribution >= 4 is 27.5 Å². The van der Waals surface area contributed by atoms with Gasteiger partial charge in [0.1, 0.15) is 11.5 Å². The van der Waals surface area contributed by atoms with E-state index < -0.39 is 0 Å². The van der Waals surface area contributed by atoms with Crippen LogP contribution in [-0.4, -0.2) is 39.2 Å². The molecule has 2 N–H and O–H groups in total. The topological polar surface area (TPSA) is 73.5 Å². The van der Waals surface area contributed by atoms with Crippen LogP contribution in [0.1, 0.15) is 5.56 Å². The Morgan fingerprint density at radius 3 is 2.46 bits per heavy atom. The first-order valence-corrected chi connectivity index (χ1v) is 11.3. The minimum Gasteiger partial charge on any atom is -0.376 e. The third-order valence-corrected chi connectivity index (χ3v) is 6.29. The predicted molar refractivity (Wildman–Crippen MR) is 139 cm³/mol. The lowest BCUT2D eigenvalue weighted by atomic mass is 10.0. The molecule has 0 fully saturated rings. The lowest BCUT2D eigenvalue weighted by Gasteiger charge is -2.13. The molecule has 0 bridgehead atoms. The lowest BCUT2D eigenvalue weighted by molar-refractivity contribution is 0.627. The first kappa shape index (κ1) is 21.0. The Morgan fingerprint density at radius 2 is 1.63 bits per heavy atom. The molecule has 6 aromatic rings. The molecule has 0 aliphatic carbocycles. The van der Waals surface area contributed by atoms with E-state index in [0.29, 0.717) is 0 Å². The summed E-state index contributed by atoms with van der Waals surface area (Å²) >= 11 is 0. The highest BCUT2D eigenvalue weighted by Gasteiger charge is 2.15. The van der Waals surface area contributed by atoms with Gasteiger partial charge in [-0.1, -0.05) is 12.1 Å². The van der Waals surface area contributed by atoms with Gasteiger partial charge in [-0.3, -0.25) is 15.1 Å². The number of anilines is 1. The molecule has 4 heterocycles. The zero-order chi connectivity index (χ0) is 24.1. The van der Waals surface area contributed by atoms with Gasteiger partial charge in [-0.05, 0) is 60.0 Å². The fraction of sp³-hybridized carbons (Fsp3) is 0.107. The van der Waals surface area contributed by atoms with Gasteiger partial charge in [0.2, 0.25) is 0 Å². The van der Waals surface area contributed by atoms with Crippen LogP contribution in [0.25, 0.3) is 55.4 Å². The molecule has 0 aliphatic heterocycles. The zero-order valence-electron chi connectivity index (χ0n) is 19.6. The number of hydrogen-bond donors (Lipinski definition) is 2. The number of nitrogens with zero attached hydrogens (tertiary/aromatic N) is 4. The van der Waals surface area contributed by atoms with E-state index >= 15 is 0 Å². The molecule has 6 rings (SSSR count). The average molecular weight is 463 g/mol. The van der Waals surface area contributed by atoms with Crippen molar-refractivity contribution in [3.05, 3.63) is 84.7 Å². The van der Waals surface area contributed by atoms with Crippen molar-refractivity contribution in [2.75, 3.05) is 19.0 Å². The van der Waals surface area contributed by atoms with E-state index in [0.717, 1.165) is 66.7 Å². The third kappa shape index (κ3) is 3.71. The van der Waals surface area contributed by atoms with Crippen LogP contribution in [0, 0.1) is 12.7 Å². The normalized spacial score (nSPS) is 11.4. The van der Waals surface area contributed by atoms with Crippen LogP contribution in [0.3, 0.4) is 0 Å². The van der Waals surface area contributed by atoms with Crippen LogP contribution in [0.2, 0.25) is 0 Å². The smallest absolute Gasteiger partial charge is 0.124 e. The molecule has 172 valence electrons. The molecule has 0 amide bonds. The molecule has 0 atom stereocenters. The Kier molecular flexibility index (Phi) is 4.84. The molecule has 0 radical (unpaired) electrons. The summed E-state index contributed by atoms with van der Waals surface area (Å²) in [6.07, 6.45) is 7.28. The average Bonchev–Trinajstić information content (AvgIpc) is 3.47. The third-order valence-electron chi connectivity index (χ3n) is 6.29. The van der Waals surface area contributed by atoms with Crippen LogP contribution in [-0.2, 0) is 0 Å². The number of H-pyrrole nitrogens is 2. The van der Waals surface area contributed by atoms with Gasteiger partial charge in [0, 0.05) is 48.4 Å². The summed E-state index contributed by atoms with van der Waals surface area (Å²) in [6, 6.07) is 15.5. The van der Waals surface area contributed by atoms with Crippen LogP contribution >= 0.6 is 0 Å². The van der Waals surface area contributed by atoms with Gasteiger partial charge in [-0.15, -0.1) is 0 Å². The number of rotatable bonds is 4. The van der Waals surface area contributed by atoms with Crippen molar-refractivity contribution in [2.45, 2.75) is 6.92 Å². The Morgan fingerprint density at radius 1 is 0.771 bits per heavy atom. The number of hydrogen-bond acceptors (Lipinski definition) is 4. The first-order valence-electron chi connectivity index (χ1n) is 11.3. The van der Waals surface area contributed by atoms with E-state index in [9.17, 15) is 4.39 Å². The van der Waals surface area contributed by atoms with Gasteiger partial charge in [0.25, 0.3) is 0 Å². The fourth-order valence-electron chi connectivity index (χ4n) is 4.53. The molecular formula is C28H23FN6. The van der Waals surface area contributed by atoms with Crippen molar-refractivity contribution < 1.29 is 4.39 Å². The summed E-state index contributed by atoms with van der Waals surface area (Å²) in [5.74, 6) is -0.258. The summed E-state index contributed by atoms with van der Waals surface area (Å²) in [4.78, 5) is 14.3. The van der Waals surface area contributed by atoms with Gasteiger partial charge in [0.05, 0.1) is 34.8 Å². The largest absolute Gasteiger partial charge is 0.376 e. The molecule has 6 nitrogen and oxygen atoms in total. The number of aryl methyl sites for hydroxylation is 1. The number of aromatic amines is 2. The molecule has 0 unspecified atom stereocenters. The van der Waals surface area contributed by atoms with E-state index in [1.165, 1.54) is 6.07 Å². The van der Waals surface area contributed by atoms with Crippen molar-refractivity contribution in [3.8, 4) is 33.6 Å². The van der Waals surface area contributed by atoms with Crippen molar-refractivity contribution in [1.29, 1.82) is 0 Å². The Balaban J connectivity index is 1.48. The number of aromatic nitrogens is 5. The van der Waals surface area contributed by atoms with Gasteiger partial charge in [0.15, 0.2) is 0 Å². The SMILES string of the molecule is Cc1cc(F)cc(-c2cncc3[nH]c(-c4n[nH]c5ccc(-c6cncc(N(C)C)c6)cc45)cc23)c1.